The summed E-state index contributed by atoms with van der Waals surface area (Å²) in [6, 6.07) is 6.75. The number of aryl methyl sites for hydroxylation is 1. The van der Waals surface area contributed by atoms with Crippen LogP contribution in [0.15, 0.2) is 34.2 Å². The van der Waals surface area contributed by atoms with Gasteiger partial charge in [-0.25, -0.2) is 10.4 Å². The van der Waals surface area contributed by atoms with Crippen molar-refractivity contribution in [3.8, 4) is 5.75 Å². The van der Waals surface area contributed by atoms with E-state index in [2.05, 4.69) is 20.5 Å². The van der Waals surface area contributed by atoms with Crippen LogP contribution < -0.4 is 15.7 Å². The van der Waals surface area contributed by atoms with E-state index in [1.54, 1.807) is 25.3 Å². The first-order chi connectivity index (χ1) is 10.1. The van der Waals surface area contributed by atoms with Crippen LogP contribution in [0, 0.1) is 6.92 Å². The summed E-state index contributed by atoms with van der Waals surface area (Å²) in [5.74, 6) is 0.919. The fourth-order valence-electron chi connectivity index (χ4n) is 1.67. The summed E-state index contributed by atoms with van der Waals surface area (Å²) in [4.78, 5) is 17.9. The molecule has 0 saturated heterocycles. The standard InChI is InChI=1S/C14H15ClN4O2/c1-3-21-12-5-4-10(7-11(12)15)8-16-19-14-17-9(2)6-13(20)18-14/h4-8H,3H2,1-2H3,(H2,17,18,19,20)/b16-8-. The van der Waals surface area contributed by atoms with Gasteiger partial charge in [-0.3, -0.25) is 9.78 Å². The Balaban J connectivity index is 2.07. The fourth-order valence-corrected chi connectivity index (χ4v) is 1.91. The predicted octanol–water partition coefficient (Wildman–Crippen LogP) is 2.58. The Kier molecular flexibility index (Phi) is 4.94. The molecule has 1 aromatic heterocycles. The van der Waals surface area contributed by atoms with Crippen molar-refractivity contribution >= 4 is 23.8 Å². The average Bonchev–Trinajstić information content (AvgIpc) is 2.41. The molecular weight excluding hydrogens is 292 g/mol. The van der Waals surface area contributed by atoms with Gasteiger partial charge in [-0.2, -0.15) is 5.10 Å². The van der Waals surface area contributed by atoms with Crippen LogP contribution in [-0.4, -0.2) is 22.8 Å². The molecule has 0 aliphatic carbocycles. The minimum absolute atomic E-state index is 0.232. The van der Waals surface area contributed by atoms with E-state index in [1.807, 2.05) is 13.0 Å². The van der Waals surface area contributed by atoms with E-state index in [-0.39, 0.29) is 11.5 Å². The minimum Gasteiger partial charge on any atom is -0.492 e. The highest BCUT2D eigenvalue weighted by molar-refractivity contribution is 6.32. The van der Waals surface area contributed by atoms with Gasteiger partial charge < -0.3 is 4.74 Å². The summed E-state index contributed by atoms with van der Waals surface area (Å²) in [6.07, 6.45) is 1.57. The lowest BCUT2D eigenvalue weighted by Gasteiger charge is -2.05. The summed E-state index contributed by atoms with van der Waals surface area (Å²) >= 11 is 6.08. The van der Waals surface area contributed by atoms with Gasteiger partial charge in [0.15, 0.2) is 0 Å². The maximum absolute atomic E-state index is 11.3. The summed E-state index contributed by atoms with van der Waals surface area (Å²) in [5.41, 5.74) is 3.84. The molecule has 7 heteroatoms. The van der Waals surface area contributed by atoms with E-state index in [4.69, 9.17) is 16.3 Å². The molecule has 0 aliphatic rings. The van der Waals surface area contributed by atoms with Crippen molar-refractivity contribution in [3.63, 3.8) is 0 Å². The second kappa shape index (κ2) is 6.90. The molecule has 0 aliphatic heterocycles. The highest BCUT2D eigenvalue weighted by Gasteiger charge is 2.01. The SMILES string of the molecule is CCOc1ccc(/C=N\Nc2nc(C)cc(=O)[nH]2)cc1Cl. The van der Waals surface area contributed by atoms with Gasteiger partial charge in [0.05, 0.1) is 17.8 Å². The van der Waals surface area contributed by atoms with Gasteiger partial charge in [0, 0.05) is 11.8 Å². The first-order valence-corrected chi connectivity index (χ1v) is 6.75. The van der Waals surface area contributed by atoms with Crippen molar-refractivity contribution < 1.29 is 4.74 Å². The van der Waals surface area contributed by atoms with Crippen molar-refractivity contribution in [1.29, 1.82) is 0 Å². The van der Waals surface area contributed by atoms with Crippen LogP contribution in [-0.2, 0) is 0 Å². The Hall–Kier alpha value is -2.34. The Morgan fingerprint density at radius 3 is 2.95 bits per heavy atom. The number of H-pyrrole nitrogens is 1. The first-order valence-electron chi connectivity index (χ1n) is 6.38. The average molecular weight is 307 g/mol. The van der Waals surface area contributed by atoms with E-state index < -0.39 is 0 Å². The smallest absolute Gasteiger partial charge is 0.252 e. The van der Waals surface area contributed by atoms with Gasteiger partial charge >= 0.3 is 0 Å². The van der Waals surface area contributed by atoms with Crippen LogP contribution in [0.4, 0.5) is 5.95 Å². The molecule has 1 aromatic carbocycles. The molecule has 21 heavy (non-hydrogen) atoms. The molecule has 0 atom stereocenters. The van der Waals surface area contributed by atoms with E-state index in [0.717, 1.165) is 5.56 Å². The number of nitrogens with zero attached hydrogens (tertiary/aromatic N) is 2. The number of aromatic amines is 1. The lowest BCUT2D eigenvalue weighted by molar-refractivity contribution is 0.340. The molecule has 2 N–H and O–H groups in total. The van der Waals surface area contributed by atoms with E-state index in [9.17, 15) is 4.79 Å². The van der Waals surface area contributed by atoms with Gasteiger partial charge in [-0.05, 0) is 37.6 Å². The third kappa shape index (κ3) is 4.32. The Labute approximate surface area is 126 Å². The number of anilines is 1. The fraction of sp³-hybridized carbons (Fsp3) is 0.214. The Morgan fingerprint density at radius 2 is 2.29 bits per heavy atom. The zero-order valence-corrected chi connectivity index (χ0v) is 12.4. The molecule has 0 radical (unpaired) electrons. The molecule has 0 fully saturated rings. The summed E-state index contributed by atoms with van der Waals surface area (Å²) in [6.45, 7) is 4.18. The van der Waals surface area contributed by atoms with Crippen molar-refractivity contribution in [2.24, 2.45) is 5.10 Å². The maximum atomic E-state index is 11.3. The third-order valence-electron chi connectivity index (χ3n) is 2.51. The van der Waals surface area contributed by atoms with E-state index in [1.165, 1.54) is 6.07 Å². The monoisotopic (exact) mass is 306 g/mol. The molecule has 2 aromatic rings. The van der Waals surface area contributed by atoms with Crippen LogP contribution in [0.2, 0.25) is 5.02 Å². The third-order valence-corrected chi connectivity index (χ3v) is 2.80. The van der Waals surface area contributed by atoms with E-state index in [0.29, 0.717) is 23.1 Å². The van der Waals surface area contributed by atoms with Crippen LogP contribution in [0.3, 0.4) is 0 Å². The largest absolute Gasteiger partial charge is 0.492 e. The molecular formula is C14H15ClN4O2. The van der Waals surface area contributed by atoms with E-state index >= 15 is 0 Å². The second-order valence-electron chi connectivity index (χ2n) is 4.23. The number of nitrogens with one attached hydrogen (secondary N) is 2. The quantitative estimate of drug-likeness (QED) is 0.657. The second-order valence-corrected chi connectivity index (χ2v) is 4.64. The number of rotatable bonds is 5. The van der Waals surface area contributed by atoms with Gasteiger partial charge in [0.1, 0.15) is 5.75 Å². The summed E-state index contributed by atoms with van der Waals surface area (Å²) in [5, 5.41) is 4.52. The molecule has 0 saturated carbocycles. The van der Waals surface area contributed by atoms with Gasteiger partial charge in [-0.1, -0.05) is 11.6 Å². The van der Waals surface area contributed by atoms with Crippen LogP contribution in [0.25, 0.3) is 0 Å². The topological polar surface area (TPSA) is 79.4 Å². The van der Waals surface area contributed by atoms with Crippen LogP contribution in [0.1, 0.15) is 18.2 Å². The molecule has 1 heterocycles. The lowest BCUT2D eigenvalue weighted by atomic mass is 10.2. The van der Waals surface area contributed by atoms with Crippen molar-refractivity contribution in [3.05, 3.63) is 50.9 Å². The molecule has 0 spiro atoms. The lowest BCUT2D eigenvalue weighted by Crippen LogP contribution is -2.10. The van der Waals surface area contributed by atoms with Crippen molar-refractivity contribution in [1.82, 2.24) is 9.97 Å². The normalized spacial score (nSPS) is 10.8. The summed E-state index contributed by atoms with van der Waals surface area (Å²) < 4.78 is 5.35. The number of hydrazone groups is 1. The van der Waals surface area contributed by atoms with Crippen LogP contribution in [0.5, 0.6) is 5.75 Å². The summed E-state index contributed by atoms with van der Waals surface area (Å²) in [7, 11) is 0. The first kappa shape index (κ1) is 15.1. The minimum atomic E-state index is -0.232. The zero-order chi connectivity index (χ0) is 15.2. The number of hydrogen-bond acceptors (Lipinski definition) is 5. The highest BCUT2D eigenvalue weighted by Crippen LogP contribution is 2.24. The van der Waals surface area contributed by atoms with Gasteiger partial charge in [-0.15, -0.1) is 0 Å². The predicted molar refractivity (Wildman–Crippen MR) is 83.4 cm³/mol. The highest BCUT2D eigenvalue weighted by atomic mass is 35.5. The van der Waals surface area contributed by atoms with Crippen LogP contribution >= 0.6 is 11.6 Å². The molecule has 0 bridgehead atoms. The maximum Gasteiger partial charge on any atom is 0.252 e. The number of ether oxygens (including phenoxy) is 1. The Bertz CT molecular complexity index is 712. The number of aromatic nitrogens is 2. The number of benzene rings is 1. The number of halogens is 1. The van der Waals surface area contributed by atoms with Crippen molar-refractivity contribution in [2.75, 3.05) is 12.0 Å². The number of hydrogen-bond donors (Lipinski definition) is 2. The Morgan fingerprint density at radius 1 is 1.48 bits per heavy atom. The van der Waals surface area contributed by atoms with Gasteiger partial charge in [0.2, 0.25) is 5.95 Å². The molecule has 0 unspecified atom stereocenters. The van der Waals surface area contributed by atoms with Crippen molar-refractivity contribution in [2.45, 2.75) is 13.8 Å². The van der Waals surface area contributed by atoms with Gasteiger partial charge in [0.25, 0.3) is 5.56 Å². The zero-order valence-electron chi connectivity index (χ0n) is 11.7. The molecule has 0 amide bonds. The molecule has 2 rings (SSSR count). The molecule has 110 valence electrons. The molecule has 6 nitrogen and oxygen atoms in total.